The number of phenolic OH excluding ortho intramolecular Hbond substituents is 1. The number of fused-ring (bicyclic) bond motifs is 1. The molecule has 0 saturated carbocycles. The van der Waals surface area contributed by atoms with E-state index in [-0.39, 0.29) is 24.1 Å². The smallest absolute Gasteiger partial charge is 0.326 e. The first kappa shape index (κ1) is 32.4. The molecule has 0 spiro atoms. The minimum atomic E-state index is -1.11. The third-order valence-electron chi connectivity index (χ3n) is 8.44. The van der Waals surface area contributed by atoms with Crippen LogP contribution in [0.25, 0.3) is 0 Å². The van der Waals surface area contributed by atoms with E-state index in [9.17, 15) is 24.6 Å². The van der Waals surface area contributed by atoms with Gasteiger partial charge in [0, 0.05) is 25.6 Å². The van der Waals surface area contributed by atoms with Crippen molar-refractivity contribution in [3.8, 4) is 5.75 Å². The Labute approximate surface area is 269 Å². The predicted octanol–water partition coefficient (Wildman–Crippen LogP) is 3.23. The first-order valence-corrected chi connectivity index (χ1v) is 15.5. The molecule has 1 heterocycles. The number of nitrogens with zero attached hydrogens (tertiary/aromatic N) is 1. The Balaban J connectivity index is 1.34. The minimum Gasteiger partial charge on any atom is -0.508 e. The number of carbonyl (C=O) groups excluding carboxylic acids is 2. The van der Waals surface area contributed by atoms with Crippen LogP contribution in [0, 0.1) is 0 Å². The molecule has 4 aromatic carbocycles. The highest BCUT2D eigenvalue weighted by Crippen LogP contribution is 2.24. The van der Waals surface area contributed by atoms with Crippen LogP contribution >= 0.6 is 0 Å². The summed E-state index contributed by atoms with van der Waals surface area (Å²) in [5.41, 5.74) is 11.2. The monoisotopic (exact) mass is 620 g/mol. The van der Waals surface area contributed by atoms with Gasteiger partial charge in [-0.1, -0.05) is 97.1 Å². The van der Waals surface area contributed by atoms with Crippen LogP contribution in [0.4, 0.5) is 0 Å². The zero-order chi connectivity index (χ0) is 32.5. The normalized spacial score (nSPS) is 16.1. The first-order valence-electron chi connectivity index (χ1n) is 15.5. The van der Waals surface area contributed by atoms with Gasteiger partial charge in [0.25, 0.3) is 0 Å². The summed E-state index contributed by atoms with van der Waals surface area (Å²) in [6, 6.07) is 30.4. The Hall–Kier alpha value is -4.99. The van der Waals surface area contributed by atoms with Crippen molar-refractivity contribution < 1.29 is 24.6 Å². The van der Waals surface area contributed by atoms with Crippen molar-refractivity contribution in [1.82, 2.24) is 15.5 Å². The van der Waals surface area contributed by atoms with Gasteiger partial charge in [-0.2, -0.15) is 0 Å². The molecule has 46 heavy (non-hydrogen) atoms. The van der Waals surface area contributed by atoms with Gasteiger partial charge < -0.3 is 31.5 Å². The lowest BCUT2D eigenvalue weighted by atomic mass is 9.92. The van der Waals surface area contributed by atoms with Crippen LogP contribution in [0.5, 0.6) is 5.75 Å². The lowest BCUT2D eigenvalue weighted by Crippen LogP contribution is -2.57. The number of carbonyl (C=O) groups is 3. The summed E-state index contributed by atoms with van der Waals surface area (Å²) in [6.07, 6.45) is 1.38. The molecule has 0 aliphatic carbocycles. The third-order valence-corrected chi connectivity index (χ3v) is 8.44. The second-order valence-electron chi connectivity index (χ2n) is 11.8. The molecule has 4 atom stereocenters. The van der Waals surface area contributed by atoms with Crippen molar-refractivity contribution in [1.29, 1.82) is 0 Å². The molecule has 238 valence electrons. The highest BCUT2D eigenvalue weighted by molar-refractivity contribution is 5.87. The van der Waals surface area contributed by atoms with E-state index in [1.807, 2.05) is 78.9 Å². The molecule has 2 amide bonds. The lowest BCUT2D eigenvalue weighted by molar-refractivity contribution is -0.142. The number of nitrogens with one attached hydrogen (secondary N) is 2. The molecule has 1 aliphatic heterocycles. The zero-order valence-electron chi connectivity index (χ0n) is 25.6. The molecule has 6 N–H and O–H groups in total. The maximum absolute atomic E-state index is 13.8. The summed E-state index contributed by atoms with van der Waals surface area (Å²) in [7, 11) is 0. The third kappa shape index (κ3) is 8.59. The van der Waals surface area contributed by atoms with E-state index in [2.05, 4.69) is 16.7 Å². The fraction of sp³-hybridized carbons (Fsp3) is 0.270. The largest absolute Gasteiger partial charge is 0.508 e. The van der Waals surface area contributed by atoms with Gasteiger partial charge in [0.05, 0.1) is 12.1 Å². The number of aromatic hydroxyl groups is 1. The number of benzene rings is 4. The molecule has 4 aromatic rings. The van der Waals surface area contributed by atoms with Crippen molar-refractivity contribution in [2.24, 2.45) is 5.73 Å². The molecule has 9 heteroatoms. The Kier molecular flexibility index (Phi) is 10.8. The molecule has 0 radical (unpaired) electrons. The van der Waals surface area contributed by atoms with E-state index in [0.29, 0.717) is 32.4 Å². The Morgan fingerprint density at radius 1 is 0.739 bits per heavy atom. The summed E-state index contributed by atoms with van der Waals surface area (Å²) in [6.45, 7) is 0.686. The van der Waals surface area contributed by atoms with Crippen molar-refractivity contribution in [2.45, 2.75) is 56.4 Å². The van der Waals surface area contributed by atoms with Gasteiger partial charge in [-0.25, -0.2) is 4.79 Å². The van der Waals surface area contributed by atoms with E-state index in [0.717, 1.165) is 27.8 Å². The van der Waals surface area contributed by atoms with E-state index < -0.39 is 30.0 Å². The highest BCUT2D eigenvalue weighted by Gasteiger charge is 2.34. The first-order chi connectivity index (χ1) is 22.3. The number of rotatable bonds is 13. The van der Waals surface area contributed by atoms with Crippen molar-refractivity contribution in [3.63, 3.8) is 0 Å². The van der Waals surface area contributed by atoms with Crippen molar-refractivity contribution in [3.05, 3.63) is 137 Å². The van der Waals surface area contributed by atoms with Gasteiger partial charge in [-0.15, -0.1) is 0 Å². The number of hydrogen-bond acceptors (Lipinski definition) is 6. The predicted molar refractivity (Wildman–Crippen MR) is 176 cm³/mol. The van der Waals surface area contributed by atoms with Gasteiger partial charge in [0.15, 0.2) is 0 Å². The maximum Gasteiger partial charge on any atom is 0.326 e. The average molecular weight is 621 g/mol. The molecule has 9 nitrogen and oxygen atoms in total. The minimum absolute atomic E-state index is 0.145. The molecular formula is C37H40N4O5. The Bertz CT molecular complexity index is 1610. The number of phenols is 1. The zero-order valence-corrected chi connectivity index (χ0v) is 25.6. The lowest BCUT2D eigenvalue weighted by Gasteiger charge is -2.39. The summed E-state index contributed by atoms with van der Waals surface area (Å²) in [5, 5.41) is 25.7. The fourth-order valence-corrected chi connectivity index (χ4v) is 5.92. The Morgan fingerprint density at radius 2 is 1.28 bits per heavy atom. The molecule has 1 aliphatic rings. The van der Waals surface area contributed by atoms with Crippen LogP contribution in [-0.2, 0) is 46.6 Å². The van der Waals surface area contributed by atoms with Gasteiger partial charge in [0.2, 0.25) is 11.8 Å². The molecule has 0 saturated heterocycles. The Morgan fingerprint density at radius 3 is 1.89 bits per heavy atom. The summed E-state index contributed by atoms with van der Waals surface area (Å²) in [5.74, 6) is -1.59. The SMILES string of the molecule is N[C@@H](Cc1ccc(O)cc1)C(=O)N1Cc2ccccc2C[C@H]1CN[C@@H](Cc1ccccc1)C(=O)N[C@@H](Cc1ccccc1)C(=O)O. The van der Waals surface area contributed by atoms with Gasteiger partial charge in [-0.3, -0.25) is 9.59 Å². The standard InChI is InChI=1S/C37H40N4O5/c38-32(19-27-15-17-31(42)18-16-27)36(44)41-24-29-14-8-7-13-28(29)22-30(41)23-39-33(20-25-9-3-1-4-10-25)35(43)40-34(37(45)46)21-26-11-5-2-6-12-26/h1-18,30,32-34,39,42H,19-24,38H2,(H,40,43)(H,45,46)/t30-,32-,33-,34-/m0/s1. The van der Waals surface area contributed by atoms with E-state index in [1.54, 1.807) is 29.2 Å². The highest BCUT2D eigenvalue weighted by atomic mass is 16.4. The van der Waals surface area contributed by atoms with Crippen LogP contribution in [0.15, 0.2) is 109 Å². The number of carboxylic acid groups (broad SMARTS) is 1. The van der Waals surface area contributed by atoms with Crippen molar-refractivity contribution in [2.75, 3.05) is 6.54 Å². The number of carboxylic acids is 1. The summed E-state index contributed by atoms with van der Waals surface area (Å²) in [4.78, 5) is 41.5. The second kappa shape index (κ2) is 15.3. The van der Waals surface area contributed by atoms with Crippen LogP contribution in [0.1, 0.15) is 27.8 Å². The number of amides is 2. The fourth-order valence-electron chi connectivity index (χ4n) is 5.92. The molecule has 0 aromatic heterocycles. The van der Waals surface area contributed by atoms with E-state index in [1.165, 1.54) is 0 Å². The number of aliphatic carboxylic acids is 1. The summed E-state index contributed by atoms with van der Waals surface area (Å²) < 4.78 is 0. The van der Waals surface area contributed by atoms with Crippen molar-refractivity contribution >= 4 is 17.8 Å². The number of hydrogen-bond donors (Lipinski definition) is 5. The average Bonchev–Trinajstić information content (AvgIpc) is 3.07. The number of nitrogens with two attached hydrogens (primary N) is 1. The molecule has 0 bridgehead atoms. The molecule has 0 fully saturated rings. The quantitative estimate of drug-likeness (QED) is 0.154. The van der Waals surface area contributed by atoms with Gasteiger partial charge in [-0.05, 0) is 59.2 Å². The van der Waals surface area contributed by atoms with E-state index in [4.69, 9.17) is 5.73 Å². The summed E-state index contributed by atoms with van der Waals surface area (Å²) >= 11 is 0. The van der Waals surface area contributed by atoms with Crippen LogP contribution < -0.4 is 16.4 Å². The molecule has 5 rings (SSSR count). The van der Waals surface area contributed by atoms with E-state index >= 15 is 0 Å². The van der Waals surface area contributed by atoms with Crippen LogP contribution in [-0.4, -0.2) is 63.6 Å². The molecular weight excluding hydrogens is 580 g/mol. The topological polar surface area (TPSA) is 145 Å². The van der Waals surface area contributed by atoms with Crippen LogP contribution in [0.2, 0.25) is 0 Å². The maximum atomic E-state index is 13.8. The molecule has 0 unspecified atom stereocenters. The van der Waals surface area contributed by atoms with Crippen LogP contribution in [0.3, 0.4) is 0 Å². The van der Waals surface area contributed by atoms with Gasteiger partial charge >= 0.3 is 5.97 Å². The second-order valence-corrected chi connectivity index (χ2v) is 11.8. The van der Waals surface area contributed by atoms with Gasteiger partial charge in [0.1, 0.15) is 11.8 Å².